The van der Waals surface area contributed by atoms with E-state index in [0.717, 1.165) is 0 Å². The number of hydrogen-bond donors (Lipinski definition) is 1. The van der Waals surface area contributed by atoms with Gasteiger partial charge in [-0.3, -0.25) is 0 Å². The largest absolute Gasteiger partial charge is 0.332 e. The lowest BCUT2D eigenvalue weighted by atomic mass is 10.3. The highest BCUT2D eigenvalue weighted by Gasteiger charge is 2.14. The minimum Gasteiger partial charge on any atom is -0.332 e. The normalized spacial score (nSPS) is 12.2. The zero-order chi connectivity index (χ0) is 11.2. The first kappa shape index (κ1) is 11.4. The van der Waals surface area contributed by atoms with Crippen LogP contribution in [0.2, 0.25) is 0 Å². The molecule has 0 unspecified atom stereocenters. The molecule has 0 spiro atoms. The van der Waals surface area contributed by atoms with Gasteiger partial charge in [0.15, 0.2) is 4.73 Å². The highest BCUT2D eigenvalue weighted by molar-refractivity contribution is 9.11. The topological polar surface area (TPSA) is 62.8 Å². The van der Waals surface area contributed by atoms with Crippen LogP contribution in [-0.2, 0) is 9.05 Å². The maximum atomic E-state index is 11.1. The molecule has 1 heterocycles. The molecule has 8 heteroatoms. The Morgan fingerprint density at radius 2 is 2.00 bits per heavy atom. The first-order chi connectivity index (χ1) is 6.88. The van der Waals surface area contributed by atoms with Gasteiger partial charge in [0.1, 0.15) is 5.52 Å². The second-order valence-electron chi connectivity index (χ2n) is 2.77. The lowest BCUT2D eigenvalue weighted by molar-refractivity contribution is 0.609. The van der Waals surface area contributed by atoms with Crippen LogP contribution in [0.25, 0.3) is 11.0 Å². The molecule has 1 N–H and O–H groups in total. The van der Waals surface area contributed by atoms with Crippen molar-refractivity contribution in [2.24, 2.45) is 0 Å². The lowest BCUT2D eigenvalue weighted by Crippen LogP contribution is -1.90. The summed E-state index contributed by atoms with van der Waals surface area (Å²) >= 11 is 6.39. The summed E-state index contributed by atoms with van der Waals surface area (Å²) in [7, 11) is 1.51. The average Bonchev–Trinajstić information content (AvgIpc) is 2.44. The van der Waals surface area contributed by atoms with E-state index in [1.807, 2.05) is 0 Å². The van der Waals surface area contributed by atoms with Gasteiger partial charge in [0.05, 0.1) is 10.4 Å². The van der Waals surface area contributed by atoms with Gasteiger partial charge in [-0.15, -0.1) is 0 Å². The van der Waals surface area contributed by atoms with Gasteiger partial charge in [-0.25, -0.2) is 13.4 Å². The molecular weight excluding hydrogens is 371 g/mol. The Hall–Kier alpha value is -0.110. The number of H-pyrrole nitrogens is 1. The first-order valence-corrected chi connectivity index (χ1v) is 7.57. The van der Waals surface area contributed by atoms with Gasteiger partial charge in [0.2, 0.25) is 0 Å². The molecule has 0 saturated carbocycles. The molecule has 2 rings (SSSR count). The van der Waals surface area contributed by atoms with Gasteiger partial charge in [0, 0.05) is 15.2 Å². The molecule has 0 aliphatic carbocycles. The summed E-state index contributed by atoms with van der Waals surface area (Å²) in [5.41, 5.74) is 1.24. The smallest absolute Gasteiger partial charge is 0.261 e. The number of imidazole rings is 1. The van der Waals surface area contributed by atoms with Crippen LogP contribution in [-0.4, -0.2) is 18.4 Å². The summed E-state index contributed by atoms with van der Waals surface area (Å²) in [6, 6.07) is 2.85. The fourth-order valence-corrected chi connectivity index (χ4v) is 3.04. The average molecular weight is 374 g/mol. The number of nitrogens with zero attached hydrogens (tertiary/aromatic N) is 1. The van der Waals surface area contributed by atoms with Crippen LogP contribution >= 0.6 is 42.5 Å². The number of hydrogen-bond acceptors (Lipinski definition) is 3. The summed E-state index contributed by atoms with van der Waals surface area (Å²) in [5, 5.41) is 0. The maximum absolute atomic E-state index is 11.1. The van der Waals surface area contributed by atoms with E-state index >= 15 is 0 Å². The highest BCUT2D eigenvalue weighted by atomic mass is 79.9. The molecule has 2 aromatic rings. The SMILES string of the molecule is O=S(=O)(Cl)c1cc(Br)c2nc(Br)[nH]c2c1. The fraction of sp³-hybridized carbons (Fsp3) is 0. The van der Waals surface area contributed by atoms with Crippen LogP contribution in [0.4, 0.5) is 0 Å². The Morgan fingerprint density at radius 1 is 1.33 bits per heavy atom. The monoisotopic (exact) mass is 372 g/mol. The zero-order valence-electron chi connectivity index (χ0n) is 6.96. The third-order valence-electron chi connectivity index (χ3n) is 1.77. The number of benzene rings is 1. The molecule has 0 atom stereocenters. The fourth-order valence-electron chi connectivity index (χ4n) is 1.16. The Labute approximate surface area is 107 Å². The van der Waals surface area contributed by atoms with E-state index in [0.29, 0.717) is 20.2 Å². The second-order valence-corrected chi connectivity index (χ2v) is 6.94. The van der Waals surface area contributed by atoms with Crippen LogP contribution in [0.1, 0.15) is 0 Å². The van der Waals surface area contributed by atoms with Crippen molar-refractivity contribution in [3.8, 4) is 0 Å². The number of nitrogens with one attached hydrogen (secondary N) is 1. The number of aromatic amines is 1. The lowest BCUT2D eigenvalue weighted by Gasteiger charge is -1.97. The molecule has 0 bridgehead atoms. The minimum absolute atomic E-state index is 0.0275. The molecule has 15 heavy (non-hydrogen) atoms. The van der Waals surface area contributed by atoms with E-state index in [4.69, 9.17) is 10.7 Å². The first-order valence-electron chi connectivity index (χ1n) is 3.67. The number of halogens is 3. The number of fused-ring (bicyclic) bond motifs is 1. The molecule has 0 fully saturated rings. The van der Waals surface area contributed by atoms with E-state index in [2.05, 4.69) is 41.8 Å². The minimum atomic E-state index is -3.73. The third kappa shape index (κ3) is 2.20. The van der Waals surface area contributed by atoms with Crippen molar-refractivity contribution >= 4 is 62.6 Å². The van der Waals surface area contributed by atoms with Gasteiger partial charge in [-0.2, -0.15) is 0 Å². The van der Waals surface area contributed by atoms with Crippen molar-refractivity contribution < 1.29 is 8.42 Å². The van der Waals surface area contributed by atoms with E-state index in [1.54, 1.807) is 0 Å². The summed E-state index contributed by atoms with van der Waals surface area (Å²) in [5.74, 6) is 0. The quantitative estimate of drug-likeness (QED) is 0.781. The number of rotatable bonds is 1. The van der Waals surface area contributed by atoms with Crippen LogP contribution in [0.3, 0.4) is 0 Å². The van der Waals surface area contributed by atoms with Crippen molar-refractivity contribution in [2.45, 2.75) is 4.90 Å². The Balaban J connectivity index is 2.84. The van der Waals surface area contributed by atoms with E-state index in [-0.39, 0.29) is 4.90 Å². The van der Waals surface area contributed by atoms with Crippen LogP contribution in [0.15, 0.2) is 26.2 Å². The van der Waals surface area contributed by atoms with E-state index in [1.165, 1.54) is 12.1 Å². The summed E-state index contributed by atoms with van der Waals surface area (Å²) < 4.78 is 23.4. The standard InChI is InChI=1S/C7H3Br2ClN2O2S/c8-4-1-3(15(10,13)14)2-5-6(4)12-7(9)11-5/h1-2H,(H,11,12). The van der Waals surface area contributed by atoms with Crippen LogP contribution < -0.4 is 0 Å². The van der Waals surface area contributed by atoms with Crippen molar-refractivity contribution in [2.75, 3.05) is 0 Å². The Kier molecular flexibility index (Phi) is 2.83. The van der Waals surface area contributed by atoms with Gasteiger partial charge < -0.3 is 4.98 Å². The third-order valence-corrected chi connectivity index (χ3v) is 4.08. The molecule has 0 amide bonds. The Morgan fingerprint density at radius 3 is 2.60 bits per heavy atom. The summed E-state index contributed by atoms with van der Waals surface area (Å²) in [6.07, 6.45) is 0. The van der Waals surface area contributed by atoms with Gasteiger partial charge in [0.25, 0.3) is 9.05 Å². The predicted octanol–water partition coefficient (Wildman–Crippen LogP) is 3.02. The molecule has 0 radical (unpaired) electrons. The van der Waals surface area contributed by atoms with E-state index in [9.17, 15) is 8.42 Å². The van der Waals surface area contributed by atoms with Crippen molar-refractivity contribution in [3.63, 3.8) is 0 Å². The van der Waals surface area contributed by atoms with Crippen LogP contribution in [0, 0.1) is 0 Å². The molecule has 0 saturated heterocycles. The van der Waals surface area contributed by atoms with Crippen molar-refractivity contribution in [3.05, 3.63) is 21.3 Å². The maximum Gasteiger partial charge on any atom is 0.261 e. The van der Waals surface area contributed by atoms with Crippen LogP contribution in [0.5, 0.6) is 0 Å². The van der Waals surface area contributed by atoms with Gasteiger partial charge in [-0.05, 0) is 44.0 Å². The van der Waals surface area contributed by atoms with Gasteiger partial charge >= 0.3 is 0 Å². The summed E-state index contributed by atoms with van der Waals surface area (Å²) in [4.78, 5) is 7.00. The molecule has 0 aliphatic rings. The second kappa shape index (κ2) is 3.73. The molecule has 1 aromatic heterocycles. The predicted molar refractivity (Wildman–Crippen MR) is 64.5 cm³/mol. The molecule has 4 nitrogen and oxygen atoms in total. The van der Waals surface area contributed by atoms with Gasteiger partial charge in [-0.1, -0.05) is 0 Å². The van der Waals surface area contributed by atoms with E-state index < -0.39 is 9.05 Å². The van der Waals surface area contributed by atoms with Crippen molar-refractivity contribution in [1.29, 1.82) is 0 Å². The molecule has 0 aliphatic heterocycles. The highest BCUT2D eigenvalue weighted by Crippen LogP contribution is 2.28. The zero-order valence-corrected chi connectivity index (χ0v) is 11.7. The number of aromatic nitrogens is 2. The molecular formula is C7H3Br2ClN2O2S. The molecule has 80 valence electrons. The molecule has 1 aromatic carbocycles. The summed E-state index contributed by atoms with van der Waals surface area (Å²) in [6.45, 7) is 0. The van der Waals surface area contributed by atoms with Crippen molar-refractivity contribution in [1.82, 2.24) is 9.97 Å². The Bertz CT molecular complexity index is 638.